The minimum absolute atomic E-state index is 0.699. The van der Waals surface area contributed by atoms with Crippen LogP contribution in [0.1, 0.15) is 5.69 Å². The molecule has 0 aliphatic rings. The minimum Gasteiger partial charge on any atom is -0.325 e. The van der Waals surface area contributed by atoms with E-state index in [1.165, 1.54) is 0 Å². The van der Waals surface area contributed by atoms with Crippen molar-refractivity contribution in [2.75, 3.05) is 5.32 Å². The molecule has 0 bridgehead atoms. The van der Waals surface area contributed by atoms with Gasteiger partial charge in [0.05, 0.1) is 5.69 Å². The molecule has 3 rings (SSSR count). The molecule has 4 heteroatoms. The van der Waals surface area contributed by atoms with Gasteiger partial charge in [-0.3, -0.25) is 4.57 Å². The first-order valence-electron chi connectivity index (χ1n) is 6.36. The molecule has 2 aromatic carbocycles. The summed E-state index contributed by atoms with van der Waals surface area (Å²) in [7, 11) is 0. The van der Waals surface area contributed by atoms with Gasteiger partial charge in [0.25, 0.3) is 0 Å². The predicted molar refractivity (Wildman–Crippen MR) is 83.0 cm³/mol. The first-order valence-corrected chi connectivity index (χ1v) is 6.74. The van der Waals surface area contributed by atoms with Crippen LogP contribution in [0.2, 0.25) is 5.02 Å². The van der Waals surface area contributed by atoms with Crippen molar-refractivity contribution in [3.63, 3.8) is 0 Å². The van der Waals surface area contributed by atoms with Crippen LogP contribution < -0.4 is 5.32 Å². The summed E-state index contributed by atoms with van der Waals surface area (Å²) in [5.41, 5.74) is 2.94. The second-order valence-electron chi connectivity index (χ2n) is 4.55. The smallest absolute Gasteiger partial charge is 0.212 e. The van der Waals surface area contributed by atoms with Gasteiger partial charge in [0.15, 0.2) is 0 Å². The molecule has 0 spiro atoms. The number of rotatable bonds is 3. The number of benzene rings is 2. The summed E-state index contributed by atoms with van der Waals surface area (Å²) in [5.74, 6) is 0.774. The molecule has 20 heavy (non-hydrogen) atoms. The maximum Gasteiger partial charge on any atom is 0.212 e. The highest BCUT2D eigenvalue weighted by Crippen LogP contribution is 2.22. The third kappa shape index (κ3) is 2.68. The highest BCUT2D eigenvalue weighted by atomic mass is 35.5. The third-order valence-electron chi connectivity index (χ3n) is 2.94. The van der Waals surface area contributed by atoms with Gasteiger partial charge < -0.3 is 5.32 Å². The van der Waals surface area contributed by atoms with Crippen LogP contribution in [0.4, 0.5) is 11.6 Å². The number of hydrogen-bond donors (Lipinski definition) is 1. The van der Waals surface area contributed by atoms with Gasteiger partial charge in [-0.25, -0.2) is 4.98 Å². The summed E-state index contributed by atoms with van der Waals surface area (Å²) < 4.78 is 2.02. The molecule has 0 amide bonds. The number of hydrogen-bond acceptors (Lipinski definition) is 2. The fourth-order valence-corrected chi connectivity index (χ4v) is 2.26. The fraction of sp³-hybridized carbons (Fsp3) is 0.0625. The van der Waals surface area contributed by atoms with E-state index in [1.54, 1.807) is 0 Å². The molecule has 0 radical (unpaired) electrons. The number of aryl methyl sites for hydroxylation is 1. The minimum atomic E-state index is 0.699. The Labute approximate surface area is 122 Å². The molecule has 1 heterocycles. The van der Waals surface area contributed by atoms with Crippen LogP contribution in [0, 0.1) is 6.92 Å². The molecular weight excluding hydrogens is 270 g/mol. The standard InChI is InChI=1S/C16H14ClN3/c1-12-11-20(15-8-3-2-4-9-15)16(18-12)19-14-7-5-6-13(17)10-14/h2-11H,1H3,(H,18,19). The summed E-state index contributed by atoms with van der Waals surface area (Å²) in [6.07, 6.45) is 2.00. The fourth-order valence-electron chi connectivity index (χ4n) is 2.07. The Balaban J connectivity index is 1.98. The molecule has 0 unspecified atom stereocenters. The molecule has 0 fully saturated rings. The normalized spacial score (nSPS) is 10.5. The average molecular weight is 284 g/mol. The Morgan fingerprint density at radius 2 is 1.85 bits per heavy atom. The number of anilines is 2. The zero-order valence-electron chi connectivity index (χ0n) is 11.0. The van der Waals surface area contributed by atoms with Crippen molar-refractivity contribution in [2.24, 2.45) is 0 Å². The van der Waals surface area contributed by atoms with Gasteiger partial charge in [-0.1, -0.05) is 35.9 Å². The van der Waals surface area contributed by atoms with E-state index in [4.69, 9.17) is 11.6 Å². The monoisotopic (exact) mass is 283 g/mol. The van der Waals surface area contributed by atoms with Gasteiger partial charge in [0.2, 0.25) is 5.95 Å². The van der Waals surface area contributed by atoms with Crippen molar-refractivity contribution in [3.8, 4) is 5.69 Å². The molecule has 1 aromatic heterocycles. The van der Waals surface area contributed by atoms with Gasteiger partial charge in [-0.2, -0.15) is 0 Å². The Morgan fingerprint density at radius 1 is 1.05 bits per heavy atom. The van der Waals surface area contributed by atoms with Crippen LogP contribution in [0.25, 0.3) is 5.69 Å². The first kappa shape index (κ1) is 12.8. The lowest BCUT2D eigenvalue weighted by Gasteiger charge is -2.09. The van der Waals surface area contributed by atoms with Crippen molar-refractivity contribution in [3.05, 3.63) is 71.5 Å². The predicted octanol–water partition coefficient (Wildman–Crippen LogP) is 4.58. The lowest BCUT2D eigenvalue weighted by molar-refractivity contribution is 1.06. The summed E-state index contributed by atoms with van der Waals surface area (Å²) in [5, 5.41) is 4.00. The van der Waals surface area contributed by atoms with E-state index in [2.05, 4.69) is 10.3 Å². The van der Waals surface area contributed by atoms with Crippen LogP contribution in [-0.4, -0.2) is 9.55 Å². The van der Waals surface area contributed by atoms with Crippen molar-refractivity contribution < 1.29 is 0 Å². The van der Waals surface area contributed by atoms with Crippen LogP contribution in [0.15, 0.2) is 60.8 Å². The van der Waals surface area contributed by atoms with Crippen molar-refractivity contribution in [1.82, 2.24) is 9.55 Å². The van der Waals surface area contributed by atoms with Crippen LogP contribution in [0.3, 0.4) is 0 Å². The van der Waals surface area contributed by atoms with Crippen LogP contribution in [-0.2, 0) is 0 Å². The zero-order valence-corrected chi connectivity index (χ0v) is 11.8. The molecule has 3 aromatic rings. The first-order chi connectivity index (χ1) is 9.72. The Kier molecular flexibility index (Phi) is 3.44. The van der Waals surface area contributed by atoms with E-state index in [0.29, 0.717) is 5.02 Å². The second-order valence-corrected chi connectivity index (χ2v) is 4.98. The summed E-state index contributed by atoms with van der Waals surface area (Å²) in [4.78, 5) is 4.52. The topological polar surface area (TPSA) is 29.9 Å². The van der Waals surface area contributed by atoms with Gasteiger partial charge >= 0.3 is 0 Å². The highest BCUT2D eigenvalue weighted by Gasteiger charge is 2.07. The quantitative estimate of drug-likeness (QED) is 0.762. The van der Waals surface area contributed by atoms with Gasteiger partial charge in [0.1, 0.15) is 0 Å². The van der Waals surface area contributed by atoms with E-state index in [0.717, 1.165) is 23.0 Å². The van der Waals surface area contributed by atoms with Gasteiger partial charge in [0, 0.05) is 22.6 Å². The van der Waals surface area contributed by atoms with E-state index in [-0.39, 0.29) is 0 Å². The number of nitrogens with one attached hydrogen (secondary N) is 1. The molecule has 0 saturated heterocycles. The van der Waals surface area contributed by atoms with Crippen molar-refractivity contribution in [2.45, 2.75) is 6.92 Å². The van der Waals surface area contributed by atoms with Crippen molar-refractivity contribution >= 4 is 23.2 Å². The molecule has 0 aliphatic heterocycles. The number of para-hydroxylation sites is 1. The van der Waals surface area contributed by atoms with E-state index < -0.39 is 0 Å². The number of nitrogens with zero attached hydrogens (tertiary/aromatic N) is 2. The zero-order chi connectivity index (χ0) is 13.9. The Bertz CT molecular complexity index is 720. The van der Waals surface area contributed by atoms with Crippen molar-refractivity contribution in [1.29, 1.82) is 0 Å². The second kappa shape index (κ2) is 5.39. The van der Waals surface area contributed by atoms with Gasteiger partial charge in [-0.15, -0.1) is 0 Å². The highest BCUT2D eigenvalue weighted by molar-refractivity contribution is 6.30. The maximum absolute atomic E-state index is 6.01. The number of aromatic nitrogens is 2. The summed E-state index contributed by atoms with van der Waals surface area (Å²) >= 11 is 6.01. The number of imidazole rings is 1. The Morgan fingerprint density at radius 3 is 2.60 bits per heavy atom. The molecule has 3 nitrogen and oxygen atoms in total. The third-order valence-corrected chi connectivity index (χ3v) is 3.18. The molecular formula is C16H14ClN3. The molecule has 1 N–H and O–H groups in total. The Hall–Kier alpha value is -2.26. The largest absolute Gasteiger partial charge is 0.325 e. The molecule has 0 atom stereocenters. The van der Waals surface area contributed by atoms with E-state index >= 15 is 0 Å². The van der Waals surface area contributed by atoms with E-state index in [1.807, 2.05) is 72.3 Å². The van der Waals surface area contributed by atoms with E-state index in [9.17, 15) is 0 Å². The lowest BCUT2D eigenvalue weighted by Crippen LogP contribution is -2.00. The lowest BCUT2D eigenvalue weighted by atomic mass is 10.3. The van der Waals surface area contributed by atoms with Gasteiger partial charge in [-0.05, 0) is 37.3 Å². The maximum atomic E-state index is 6.01. The molecule has 0 aliphatic carbocycles. The number of halogens is 1. The SMILES string of the molecule is Cc1cn(-c2ccccc2)c(Nc2cccc(Cl)c2)n1. The van der Waals surface area contributed by atoms with Crippen LogP contribution in [0.5, 0.6) is 0 Å². The molecule has 100 valence electrons. The average Bonchev–Trinajstić information content (AvgIpc) is 2.80. The summed E-state index contributed by atoms with van der Waals surface area (Å²) in [6.45, 7) is 1.97. The van der Waals surface area contributed by atoms with Crippen LogP contribution >= 0.6 is 11.6 Å². The molecule has 0 saturated carbocycles. The summed E-state index contributed by atoms with van der Waals surface area (Å²) in [6, 6.07) is 17.7.